The van der Waals surface area contributed by atoms with E-state index in [4.69, 9.17) is 10.4 Å². The van der Waals surface area contributed by atoms with Crippen LogP contribution in [0, 0.1) is 21.4 Å². The highest BCUT2D eigenvalue weighted by molar-refractivity contribution is 5.91. The van der Waals surface area contributed by atoms with E-state index < -0.39 is 22.1 Å². The summed E-state index contributed by atoms with van der Waals surface area (Å²) in [6.45, 7) is 0. The molecule has 1 N–H and O–H groups in total. The van der Waals surface area contributed by atoms with E-state index in [9.17, 15) is 14.9 Å². The summed E-state index contributed by atoms with van der Waals surface area (Å²) in [5.74, 6) is -1.73. The van der Waals surface area contributed by atoms with Gasteiger partial charge in [-0.05, 0) is 0 Å². The Balaban J connectivity index is 2.60. The first-order valence-corrected chi connectivity index (χ1v) is 4.73. The number of nitro groups is 1. The van der Waals surface area contributed by atoms with Gasteiger partial charge in [0.05, 0.1) is 4.92 Å². The fourth-order valence-corrected chi connectivity index (χ4v) is 1.30. The molecule has 0 saturated heterocycles. The minimum atomic E-state index is -1.40. The highest BCUT2D eigenvalue weighted by Crippen LogP contribution is 2.17. The predicted octanol–water partition coefficient (Wildman–Crippen LogP) is 0.140. The lowest BCUT2D eigenvalue weighted by atomic mass is 10.2. The van der Waals surface area contributed by atoms with Gasteiger partial charge in [0.1, 0.15) is 24.2 Å². The van der Waals surface area contributed by atoms with E-state index in [0.717, 1.165) is 23.3 Å². The van der Waals surface area contributed by atoms with Crippen LogP contribution in [0.1, 0.15) is 16.2 Å². The van der Waals surface area contributed by atoms with Gasteiger partial charge in [0.25, 0.3) is 11.5 Å². The highest BCUT2D eigenvalue weighted by atomic mass is 16.6. The van der Waals surface area contributed by atoms with Crippen LogP contribution in [0.4, 0.5) is 5.69 Å². The normalized spacial score (nSPS) is 9.84. The van der Waals surface area contributed by atoms with Crippen molar-refractivity contribution in [3.05, 3.63) is 40.1 Å². The third kappa shape index (κ3) is 2.20. The molecule has 0 amide bonds. The predicted molar refractivity (Wildman–Crippen MR) is 57.5 cm³/mol. The van der Waals surface area contributed by atoms with Gasteiger partial charge in [-0.3, -0.25) is 10.1 Å². The Morgan fingerprint density at radius 1 is 1.53 bits per heavy atom. The lowest BCUT2D eigenvalue weighted by molar-refractivity contribution is -0.385. The number of hydrogen-bond donors (Lipinski definition) is 1. The molecule has 0 fully saturated rings. The van der Waals surface area contributed by atoms with Crippen molar-refractivity contribution in [1.82, 2.24) is 19.7 Å². The summed E-state index contributed by atoms with van der Waals surface area (Å²) in [7, 11) is 0. The molecule has 0 spiro atoms. The van der Waals surface area contributed by atoms with Crippen LogP contribution < -0.4 is 0 Å². The van der Waals surface area contributed by atoms with Crippen LogP contribution >= 0.6 is 0 Å². The number of rotatable bonds is 3. The van der Waals surface area contributed by atoms with E-state index in [1.807, 2.05) is 0 Å². The molecular formula is C9H4N6O4. The molecule has 0 saturated carbocycles. The first-order valence-electron chi connectivity index (χ1n) is 4.73. The van der Waals surface area contributed by atoms with Crippen LogP contribution in [-0.2, 0) is 0 Å². The topological polar surface area (TPSA) is 148 Å². The minimum absolute atomic E-state index is 0.160. The molecule has 0 aliphatic heterocycles. The molecule has 2 aromatic rings. The number of hydrogen-bond acceptors (Lipinski definition) is 7. The van der Waals surface area contributed by atoms with Crippen LogP contribution in [0.25, 0.3) is 5.82 Å². The van der Waals surface area contributed by atoms with Gasteiger partial charge in [0.15, 0.2) is 5.82 Å². The maximum Gasteiger partial charge on any atom is 0.339 e. The van der Waals surface area contributed by atoms with E-state index in [2.05, 4.69) is 15.1 Å². The van der Waals surface area contributed by atoms with Crippen molar-refractivity contribution in [3.63, 3.8) is 0 Å². The minimum Gasteiger partial charge on any atom is -0.478 e. The summed E-state index contributed by atoms with van der Waals surface area (Å²) in [4.78, 5) is 28.1. The number of nitrogens with zero attached hydrogens (tertiary/aromatic N) is 6. The lowest BCUT2D eigenvalue weighted by Gasteiger charge is -2.03. The molecule has 94 valence electrons. The van der Waals surface area contributed by atoms with Gasteiger partial charge >= 0.3 is 5.97 Å². The zero-order valence-electron chi connectivity index (χ0n) is 9.09. The van der Waals surface area contributed by atoms with E-state index in [1.54, 1.807) is 6.07 Å². The maximum atomic E-state index is 11.1. The van der Waals surface area contributed by atoms with E-state index in [-0.39, 0.29) is 11.6 Å². The van der Waals surface area contributed by atoms with Crippen molar-refractivity contribution in [2.45, 2.75) is 0 Å². The van der Waals surface area contributed by atoms with Crippen molar-refractivity contribution in [2.24, 2.45) is 0 Å². The SMILES string of the molecule is N#Cc1ncn(-c2ncc([N+](=O)[O-])cc2C(=O)O)n1. The molecule has 0 aliphatic carbocycles. The Kier molecular flexibility index (Phi) is 2.86. The molecule has 0 unspecified atom stereocenters. The number of aromatic carboxylic acids is 1. The van der Waals surface area contributed by atoms with E-state index >= 15 is 0 Å². The summed E-state index contributed by atoms with van der Waals surface area (Å²) < 4.78 is 0.964. The van der Waals surface area contributed by atoms with E-state index in [0.29, 0.717) is 0 Å². The molecule has 2 aromatic heterocycles. The van der Waals surface area contributed by atoms with Crippen LogP contribution in [0.3, 0.4) is 0 Å². The van der Waals surface area contributed by atoms with Crippen LogP contribution in [0.15, 0.2) is 18.6 Å². The number of aromatic nitrogens is 4. The largest absolute Gasteiger partial charge is 0.478 e. The third-order valence-electron chi connectivity index (χ3n) is 2.10. The van der Waals surface area contributed by atoms with Gasteiger partial charge in [-0.1, -0.05) is 0 Å². The smallest absolute Gasteiger partial charge is 0.339 e. The van der Waals surface area contributed by atoms with Gasteiger partial charge < -0.3 is 5.11 Å². The second-order valence-electron chi connectivity index (χ2n) is 3.25. The molecule has 10 heteroatoms. The van der Waals surface area contributed by atoms with Crippen molar-refractivity contribution in [2.75, 3.05) is 0 Å². The molecule has 2 rings (SSSR count). The van der Waals surface area contributed by atoms with Gasteiger partial charge in [-0.25, -0.2) is 19.4 Å². The molecule has 0 aliphatic rings. The fraction of sp³-hybridized carbons (Fsp3) is 0. The summed E-state index contributed by atoms with van der Waals surface area (Å²) in [6.07, 6.45) is 1.99. The summed E-state index contributed by atoms with van der Waals surface area (Å²) in [5, 5.41) is 31.8. The molecule has 2 heterocycles. The first-order chi connectivity index (χ1) is 9.02. The molecular weight excluding hydrogens is 256 g/mol. The second-order valence-corrected chi connectivity index (χ2v) is 3.25. The molecule has 0 bridgehead atoms. The van der Waals surface area contributed by atoms with Gasteiger partial charge in [0, 0.05) is 6.07 Å². The standard InChI is InChI=1S/C9H4N6O4/c10-2-7-12-4-14(13-7)8-6(9(16)17)1-5(3-11-8)15(18)19/h1,3-4H,(H,16,17). The Hall–Kier alpha value is -3.35. The van der Waals surface area contributed by atoms with Gasteiger partial charge in [-0.2, -0.15) is 5.26 Å². The Morgan fingerprint density at radius 2 is 2.26 bits per heavy atom. The monoisotopic (exact) mass is 260 g/mol. The molecule has 0 radical (unpaired) electrons. The zero-order chi connectivity index (χ0) is 14.0. The summed E-state index contributed by atoms with van der Waals surface area (Å²) in [5.41, 5.74) is -0.870. The third-order valence-corrected chi connectivity index (χ3v) is 2.10. The molecule has 0 atom stereocenters. The lowest BCUT2D eigenvalue weighted by Crippen LogP contribution is -2.09. The van der Waals surface area contributed by atoms with Crippen LogP contribution in [0.2, 0.25) is 0 Å². The second kappa shape index (κ2) is 4.49. The first kappa shape index (κ1) is 12.1. The van der Waals surface area contributed by atoms with Crippen molar-refractivity contribution >= 4 is 11.7 Å². The average Bonchev–Trinajstić information content (AvgIpc) is 2.86. The quantitative estimate of drug-likeness (QED) is 0.605. The Morgan fingerprint density at radius 3 is 2.79 bits per heavy atom. The average molecular weight is 260 g/mol. The van der Waals surface area contributed by atoms with Crippen LogP contribution in [0.5, 0.6) is 0 Å². The summed E-state index contributed by atoms with van der Waals surface area (Å²) in [6, 6.07) is 2.53. The number of carboxylic acid groups (broad SMARTS) is 1. The number of carboxylic acids is 1. The number of nitriles is 1. The molecule has 19 heavy (non-hydrogen) atoms. The van der Waals surface area contributed by atoms with Crippen LogP contribution in [-0.4, -0.2) is 35.7 Å². The zero-order valence-corrected chi connectivity index (χ0v) is 9.09. The number of carbonyl (C=O) groups is 1. The van der Waals surface area contributed by atoms with Crippen molar-refractivity contribution in [3.8, 4) is 11.9 Å². The van der Waals surface area contributed by atoms with Crippen molar-refractivity contribution in [1.29, 1.82) is 5.26 Å². The highest BCUT2D eigenvalue weighted by Gasteiger charge is 2.19. The van der Waals surface area contributed by atoms with Crippen molar-refractivity contribution < 1.29 is 14.8 Å². The number of pyridine rings is 1. The Bertz CT molecular complexity index is 716. The van der Waals surface area contributed by atoms with E-state index in [1.165, 1.54) is 0 Å². The van der Waals surface area contributed by atoms with Gasteiger partial charge in [0.2, 0.25) is 0 Å². The summed E-state index contributed by atoms with van der Waals surface area (Å²) >= 11 is 0. The Labute approximate surface area is 104 Å². The van der Waals surface area contributed by atoms with Gasteiger partial charge in [-0.15, -0.1) is 5.10 Å². The molecule has 0 aromatic carbocycles. The fourth-order valence-electron chi connectivity index (χ4n) is 1.30. The molecule has 10 nitrogen and oxygen atoms in total. The maximum absolute atomic E-state index is 11.1.